The van der Waals surface area contributed by atoms with Crippen molar-refractivity contribution >= 4 is 17.8 Å². The van der Waals surface area contributed by atoms with Crippen molar-refractivity contribution in [1.29, 1.82) is 0 Å². The highest BCUT2D eigenvalue weighted by Crippen LogP contribution is 2.27. The maximum absolute atomic E-state index is 12.4. The maximum Gasteiger partial charge on any atom is 0.322 e. The molecule has 2 N–H and O–H groups in total. The SMILES string of the molecule is CN1CC=CC2=C1C(=O)N(CC1(C)NC(=O)NC1=O)C2. The molecule has 4 amide bonds. The lowest BCUT2D eigenvalue weighted by atomic mass is 10.0. The van der Waals surface area contributed by atoms with E-state index in [2.05, 4.69) is 10.6 Å². The second-order valence-corrected chi connectivity index (χ2v) is 5.56. The normalized spacial score (nSPS) is 29.0. The van der Waals surface area contributed by atoms with E-state index in [0.717, 1.165) is 5.57 Å². The van der Waals surface area contributed by atoms with Gasteiger partial charge in [0.25, 0.3) is 11.8 Å². The highest BCUT2D eigenvalue weighted by Gasteiger charge is 2.46. The molecular formula is C13H16N4O3. The fourth-order valence-electron chi connectivity index (χ4n) is 2.82. The van der Waals surface area contributed by atoms with Crippen LogP contribution < -0.4 is 10.6 Å². The van der Waals surface area contributed by atoms with Crippen molar-refractivity contribution in [2.24, 2.45) is 0 Å². The van der Waals surface area contributed by atoms with Crippen molar-refractivity contribution in [3.05, 3.63) is 23.4 Å². The summed E-state index contributed by atoms with van der Waals surface area (Å²) in [6, 6.07) is -0.515. The monoisotopic (exact) mass is 276 g/mol. The standard InChI is InChI=1S/C13H16N4O3/c1-13(11(19)14-12(20)15-13)7-17-6-8-4-3-5-16(2)9(8)10(17)18/h3-4H,5-7H2,1-2H3,(H2,14,15,19,20). The molecule has 0 aliphatic carbocycles. The summed E-state index contributed by atoms with van der Waals surface area (Å²) in [5, 5.41) is 4.78. The Morgan fingerprint density at radius 2 is 2.10 bits per heavy atom. The van der Waals surface area contributed by atoms with Gasteiger partial charge in [-0.15, -0.1) is 0 Å². The van der Waals surface area contributed by atoms with Crippen molar-refractivity contribution in [3.63, 3.8) is 0 Å². The van der Waals surface area contributed by atoms with Crippen molar-refractivity contribution in [2.45, 2.75) is 12.5 Å². The molecule has 106 valence electrons. The zero-order chi connectivity index (χ0) is 14.5. The van der Waals surface area contributed by atoms with Gasteiger partial charge >= 0.3 is 6.03 Å². The molecule has 0 aromatic rings. The predicted octanol–water partition coefficient (Wildman–Crippen LogP) is -0.818. The number of hydrogen-bond donors (Lipinski definition) is 2. The topological polar surface area (TPSA) is 81.8 Å². The number of urea groups is 1. The smallest absolute Gasteiger partial charge is 0.322 e. The molecule has 1 atom stereocenters. The number of rotatable bonds is 2. The second-order valence-electron chi connectivity index (χ2n) is 5.56. The first-order chi connectivity index (χ1) is 9.40. The Hall–Kier alpha value is -2.31. The summed E-state index contributed by atoms with van der Waals surface area (Å²) in [7, 11) is 1.87. The third-order valence-corrected chi connectivity index (χ3v) is 3.86. The number of nitrogens with zero attached hydrogens (tertiary/aromatic N) is 2. The number of imide groups is 1. The van der Waals surface area contributed by atoms with Crippen LogP contribution in [0.4, 0.5) is 4.79 Å². The minimum atomic E-state index is -1.07. The zero-order valence-corrected chi connectivity index (χ0v) is 11.4. The third-order valence-electron chi connectivity index (χ3n) is 3.86. The van der Waals surface area contributed by atoms with Crippen molar-refractivity contribution < 1.29 is 14.4 Å². The lowest BCUT2D eigenvalue weighted by Gasteiger charge is -2.28. The maximum atomic E-state index is 12.4. The molecule has 3 heterocycles. The van der Waals surface area contributed by atoms with E-state index in [1.54, 1.807) is 11.8 Å². The summed E-state index contributed by atoms with van der Waals surface area (Å²) in [6.07, 6.45) is 3.95. The highest BCUT2D eigenvalue weighted by molar-refractivity contribution is 6.07. The van der Waals surface area contributed by atoms with Crippen LogP contribution in [-0.2, 0) is 9.59 Å². The van der Waals surface area contributed by atoms with E-state index in [0.29, 0.717) is 18.8 Å². The lowest BCUT2D eigenvalue weighted by molar-refractivity contribution is -0.129. The van der Waals surface area contributed by atoms with Crippen LogP contribution in [0.2, 0.25) is 0 Å². The van der Waals surface area contributed by atoms with Crippen LogP contribution >= 0.6 is 0 Å². The zero-order valence-electron chi connectivity index (χ0n) is 11.4. The van der Waals surface area contributed by atoms with E-state index >= 15 is 0 Å². The molecule has 7 heteroatoms. The lowest BCUT2D eigenvalue weighted by Crippen LogP contribution is -2.53. The minimum Gasteiger partial charge on any atom is -0.366 e. The number of amides is 4. The summed E-state index contributed by atoms with van der Waals surface area (Å²) in [5.74, 6) is -0.494. The molecule has 0 aromatic carbocycles. The number of likely N-dealkylation sites (N-methyl/N-ethyl adjacent to an activating group) is 1. The van der Waals surface area contributed by atoms with Gasteiger partial charge in [-0.3, -0.25) is 14.9 Å². The number of carbonyl (C=O) groups is 3. The molecule has 7 nitrogen and oxygen atoms in total. The van der Waals surface area contributed by atoms with Crippen LogP contribution in [0.3, 0.4) is 0 Å². The average molecular weight is 276 g/mol. The van der Waals surface area contributed by atoms with Gasteiger partial charge in [-0.2, -0.15) is 0 Å². The van der Waals surface area contributed by atoms with E-state index < -0.39 is 17.5 Å². The van der Waals surface area contributed by atoms with Gasteiger partial charge in [0.15, 0.2) is 0 Å². The van der Waals surface area contributed by atoms with Gasteiger partial charge < -0.3 is 15.1 Å². The van der Waals surface area contributed by atoms with E-state index in [1.165, 1.54) is 0 Å². The molecule has 20 heavy (non-hydrogen) atoms. The minimum absolute atomic E-state index is 0.0953. The summed E-state index contributed by atoms with van der Waals surface area (Å²) in [5.41, 5.74) is 0.571. The van der Waals surface area contributed by atoms with Gasteiger partial charge in [0.05, 0.1) is 6.54 Å². The van der Waals surface area contributed by atoms with Gasteiger partial charge in [0.1, 0.15) is 11.2 Å². The van der Waals surface area contributed by atoms with Crippen LogP contribution in [-0.4, -0.2) is 59.9 Å². The summed E-state index contributed by atoms with van der Waals surface area (Å²) in [4.78, 5) is 39.0. The Labute approximate surface area is 116 Å². The Morgan fingerprint density at radius 3 is 2.70 bits per heavy atom. The van der Waals surface area contributed by atoms with Crippen LogP contribution in [0.1, 0.15) is 6.92 Å². The molecule has 3 rings (SSSR count). The first-order valence-corrected chi connectivity index (χ1v) is 6.44. The van der Waals surface area contributed by atoms with Crippen LogP contribution in [0, 0.1) is 0 Å². The van der Waals surface area contributed by atoms with Crippen LogP contribution in [0.5, 0.6) is 0 Å². The van der Waals surface area contributed by atoms with Crippen molar-refractivity contribution in [3.8, 4) is 0 Å². The molecule has 1 fully saturated rings. The third kappa shape index (κ3) is 1.77. The summed E-state index contributed by atoms with van der Waals surface area (Å²) in [6.45, 7) is 2.95. The Morgan fingerprint density at radius 1 is 1.35 bits per heavy atom. The molecule has 0 aromatic heterocycles. The quantitative estimate of drug-likeness (QED) is 0.646. The first-order valence-electron chi connectivity index (χ1n) is 6.44. The molecule has 3 aliphatic rings. The fraction of sp³-hybridized carbons (Fsp3) is 0.462. The Bertz CT molecular complexity index is 580. The summed E-state index contributed by atoms with van der Waals surface area (Å²) < 4.78 is 0. The predicted molar refractivity (Wildman–Crippen MR) is 70.5 cm³/mol. The van der Waals surface area contributed by atoms with E-state index in [9.17, 15) is 14.4 Å². The van der Waals surface area contributed by atoms with Crippen molar-refractivity contribution in [2.75, 3.05) is 26.7 Å². The molecule has 0 radical (unpaired) electrons. The molecule has 1 saturated heterocycles. The van der Waals surface area contributed by atoms with E-state index in [4.69, 9.17) is 0 Å². The average Bonchev–Trinajstić information content (AvgIpc) is 2.79. The van der Waals surface area contributed by atoms with Crippen LogP contribution in [0.25, 0.3) is 0 Å². The highest BCUT2D eigenvalue weighted by atomic mass is 16.2. The Kier molecular flexibility index (Phi) is 2.60. The van der Waals surface area contributed by atoms with Gasteiger partial charge in [0, 0.05) is 25.7 Å². The second kappa shape index (κ2) is 4.09. The molecule has 0 saturated carbocycles. The molecule has 1 unspecified atom stereocenters. The molecule has 3 aliphatic heterocycles. The van der Waals surface area contributed by atoms with E-state index in [-0.39, 0.29) is 12.5 Å². The van der Waals surface area contributed by atoms with Gasteiger partial charge in [-0.05, 0) is 6.92 Å². The largest absolute Gasteiger partial charge is 0.366 e. The van der Waals surface area contributed by atoms with Gasteiger partial charge in [-0.25, -0.2) is 4.79 Å². The Balaban J connectivity index is 1.79. The number of hydrogen-bond acceptors (Lipinski definition) is 4. The fourth-order valence-corrected chi connectivity index (χ4v) is 2.82. The van der Waals surface area contributed by atoms with Gasteiger partial charge in [0.2, 0.25) is 0 Å². The first kappa shape index (κ1) is 12.7. The van der Waals surface area contributed by atoms with Crippen molar-refractivity contribution in [1.82, 2.24) is 20.4 Å². The number of carbonyl (C=O) groups excluding carboxylic acids is 3. The van der Waals surface area contributed by atoms with E-state index in [1.807, 2.05) is 24.1 Å². The van der Waals surface area contributed by atoms with Gasteiger partial charge in [-0.1, -0.05) is 12.2 Å². The number of nitrogens with one attached hydrogen (secondary N) is 2. The molecule has 0 bridgehead atoms. The molecular weight excluding hydrogens is 260 g/mol. The summed E-state index contributed by atoms with van der Waals surface area (Å²) >= 11 is 0. The van der Waals surface area contributed by atoms with Crippen LogP contribution in [0.15, 0.2) is 23.4 Å². The molecule has 0 spiro atoms.